The second-order valence-corrected chi connectivity index (χ2v) is 7.52. The van der Waals surface area contributed by atoms with Gasteiger partial charge in [0, 0.05) is 12.1 Å². The lowest BCUT2D eigenvalue weighted by Gasteiger charge is -2.12. The summed E-state index contributed by atoms with van der Waals surface area (Å²) in [6, 6.07) is 12.6. The van der Waals surface area contributed by atoms with Gasteiger partial charge in [0.2, 0.25) is 16.9 Å². The van der Waals surface area contributed by atoms with Gasteiger partial charge in [-0.2, -0.15) is 13.2 Å². The average molecular weight is 501 g/mol. The molecule has 3 aromatic carbocycles. The monoisotopic (exact) mass is 501 g/mol. The topological polar surface area (TPSA) is 101 Å². The molecule has 8 nitrogen and oxygen atoms in total. The van der Waals surface area contributed by atoms with Crippen LogP contribution in [-0.2, 0) is 6.18 Å². The van der Waals surface area contributed by atoms with Gasteiger partial charge < -0.3 is 18.6 Å². The fraction of sp³-hybridized carbons (Fsp3) is 0.160. The van der Waals surface area contributed by atoms with Gasteiger partial charge in [0.25, 0.3) is 0 Å². The van der Waals surface area contributed by atoms with Crippen molar-refractivity contribution in [3.8, 4) is 28.7 Å². The van der Waals surface area contributed by atoms with Crippen LogP contribution in [0.25, 0.3) is 11.0 Å². The Morgan fingerprint density at radius 3 is 2.25 bits per heavy atom. The second-order valence-electron chi connectivity index (χ2n) is 7.52. The third kappa shape index (κ3) is 5.09. The Labute approximate surface area is 201 Å². The molecule has 36 heavy (non-hydrogen) atoms. The van der Waals surface area contributed by atoms with Crippen LogP contribution in [0.4, 0.5) is 18.9 Å². The second kappa shape index (κ2) is 9.61. The van der Waals surface area contributed by atoms with E-state index in [1.54, 1.807) is 24.3 Å². The molecule has 0 aliphatic rings. The SMILES string of the molecule is CCOc1ccc(Oc2c(C)oc3cc(Oc4ccc(C(F)(F)F)cc4[N+](=O)[O-])ccc3c2=O)cc1. The van der Waals surface area contributed by atoms with Crippen LogP contribution in [0.3, 0.4) is 0 Å². The van der Waals surface area contributed by atoms with Crippen molar-refractivity contribution in [2.24, 2.45) is 0 Å². The van der Waals surface area contributed by atoms with E-state index < -0.39 is 33.5 Å². The van der Waals surface area contributed by atoms with Gasteiger partial charge in [-0.05, 0) is 62.4 Å². The lowest BCUT2D eigenvalue weighted by Crippen LogP contribution is -2.07. The first kappa shape index (κ1) is 24.6. The zero-order valence-corrected chi connectivity index (χ0v) is 18.9. The molecule has 0 radical (unpaired) electrons. The van der Waals surface area contributed by atoms with Crippen molar-refractivity contribution in [1.29, 1.82) is 0 Å². The molecule has 0 amide bonds. The van der Waals surface area contributed by atoms with Crippen LogP contribution in [0.5, 0.6) is 28.7 Å². The molecule has 0 aliphatic heterocycles. The minimum Gasteiger partial charge on any atom is -0.494 e. The van der Waals surface area contributed by atoms with E-state index in [2.05, 4.69) is 0 Å². The number of hydrogen-bond acceptors (Lipinski definition) is 7. The zero-order valence-electron chi connectivity index (χ0n) is 18.9. The molecule has 186 valence electrons. The Hall–Kier alpha value is -4.54. The highest BCUT2D eigenvalue weighted by molar-refractivity contribution is 5.80. The van der Waals surface area contributed by atoms with Gasteiger partial charge in [-0.25, -0.2) is 0 Å². The molecule has 0 spiro atoms. The number of ether oxygens (including phenoxy) is 3. The molecule has 11 heteroatoms. The number of nitro benzene ring substituents is 1. The number of fused-ring (bicyclic) bond motifs is 1. The summed E-state index contributed by atoms with van der Waals surface area (Å²) in [6.45, 7) is 3.89. The number of halogens is 3. The van der Waals surface area contributed by atoms with Crippen molar-refractivity contribution in [2.75, 3.05) is 6.61 Å². The Kier molecular flexibility index (Phi) is 6.56. The van der Waals surface area contributed by atoms with Crippen molar-refractivity contribution in [3.63, 3.8) is 0 Å². The standard InChI is InChI=1S/C25H18F3NO7/c1-3-33-16-5-7-17(8-6-16)36-24-14(2)34-22-13-18(9-10-19(22)23(24)30)35-21-11-4-15(25(26,27)28)12-20(21)29(31)32/h4-13H,3H2,1-2H3. The van der Waals surface area contributed by atoms with Crippen LogP contribution in [-0.4, -0.2) is 11.5 Å². The summed E-state index contributed by atoms with van der Waals surface area (Å²) in [5, 5.41) is 11.5. The Bertz CT molecular complexity index is 1500. The van der Waals surface area contributed by atoms with Gasteiger partial charge in [-0.15, -0.1) is 0 Å². The smallest absolute Gasteiger partial charge is 0.416 e. The summed E-state index contributed by atoms with van der Waals surface area (Å²) >= 11 is 0. The molecule has 0 atom stereocenters. The Balaban J connectivity index is 1.65. The van der Waals surface area contributed by atoms with Crippen LogP contribution >= 0.6 is 0 Å². The van der Waals surface area contributed by atoms with Crippen LogP contribution in [0.2, 0.25) is 0 Å². The van der Waals surface area contributed by atoms with Gasteiger partial charge in [0.1, 0.15) is 28.6 Å². The summed E-state index contributed by atoms with van der Waals surface area (Å²) in [7, 11) is 0. The molecule has 1 heterocycles. The van der Waals surface area contributed by atoms with E-state index in [0.717, 1.165) is 6.07 Å². The predicted octanol–water partition coefficient (Wildman–Crippen LogP) is 7.01. The summed E-state index contributed by atoms with van der Waals surface area (Å²) in [5.74, 6) is 0.795. The van der Waals surface area contributed by atoms with Gasteiger partial charge >= 0.3 is 11.9 Å². The van der Waals surface area contributed by atoms with Crippen LogP contribution in [0.15, 0.2) is 69.9 Å². The van der Waals surface area contributed by atoms with E-state index in [0.29, 0.717) is 30.2 Å². The maximum atomic E-state index is 13.0. The van der Waals surface area contributed by atoms with E-state index >= 15 is 0 Å². The number of rotatable bonds is 7. The Morgan fingerprint density at radius 2 is 1.61 bits per heavy atom. The first-order valence-corrected chi connectivity index (χ1v) is 10.6. The fourth-order valence-corrected chi connectivity index (χ4v) is 3.39. The van der Waals surface area contributed by atoms with Crippen LogP contribution < -0.4 is 19.6 Å². The summed E-state index contributed by atoms with van der Waals surface area (Å²) in [6.07, 6.45) is -4.75. The number of benzene rings is 3. The highest BCUT2D eigenvalue weighted by Gasteiger charge is 2.33. The molecule has 0 bridgehead atoms. The van der Waals surface area contributed by atoms with Crippen molar-refractivity contribution in [2.45, 2.75) is 20.0 Å². The summed E-state index contributed by atoms with van der Waals surface area (Å²) < 4.78 is 61.1. The molecule has 0 fully saturated rings. The molecule has 4 aromatic rings. The highest BCUT2D eigenvalue weighted by Crippen LogP contribution is 2.38. The molecular weight excluding hydrogens is 483 g/mol. The molecule has 4 rings (SSSR count). The van der Waals surface area contributed by atoms with Crippen molar-refractivity contribution >= 4 is 16.7 Å². The lowest BCUT2D eigenvalue weighted by molar-refractivity contribution is -0.385. The first-order valence-electron chi connectivity index (χ1n) is 10.6. The first-order chi connectivity index (χ1) is 17.1. The minimum atomic E-state index is -4.75. The summed E-state index contributed by atoms with van der Waals surface area (Å²) in [4.78, 5) is 23.4. The van der Waals surface area contributed by atoms with Crippen LogP contribution in [0, 0.1) is 17.0 Å². The van der Waals surface area contributed by atoms with E-state index in [1.807, 2.05) is 6.92 Å². The molecule has 0 saturated heterocycles. The number of nitrogens with zero attached hydrogens (tertiary/aromatic N) is 1. The van der Waals surface area contributed by atoms with E-state index in [-0.39, 0.29) is 28.2 Å². The minimum absolute atomic E-state index is 0.0214. The van der Waals surface area contributed by atoms with Gasteiger partial charge in [0.15, 0.2) is 0 Å². The highest BCUT2D eigenvalue weighted by atomic mass is 19.4. The van der Waals surface area contributed by atoms with Crippen molar-refractivity contribution in [3.05, 3.63) is 92.3 Å². The van der Waals surface area contributed by atoms with E-state index in [1.165, 1.54) is 25.1 Å². The van der Waals surface area contributed by atoms with Gasteiger partial charge in [-0.3, -0.25) is 14.9 Å². The number of hydrogen-bond donors (Lipinski definition) is 0. The molecule has 0 saturated carbocycles. The number of alkyl halides is 3. The third-order valence-corrected chi connectivity index (χ3v) is 5.05. The van der Waals surface area contributed by atoms with E-state index in [4.69, 9.17) is 18.6 Å². The van der Waals surface area contributed by atoms with Gasteiger partial charge in [0.05, 0.1) is 22.5 Å². The average Bonchev–Trinajstić information content (AvgIpc) is 2.82. The maximum Gasteiger partial charge on any atom is 0.416 e. The van der Waals surface area contributed by atoms with Gasteiger partial charge in [-0.1, -0.05) is 0 Å². The summed E-state index contributed by atoms with van der Waals surface area (Å²) in [5.41, 5.74) is -2.40. The van der Waals surface area contributed by atoms with Crippen molar-refractivity contribution < 1.29 is 36.7 Å². The van der Waals surface area contributed by atoms with Crippen LogP contribution in [0.1, 0.15) is 18.2 Å². The predicted molar refractivity (Wildman–Crippen MR) is 123 cm³/mol. The van der Waals surface area contributed by atoms with E-state index in [9.17, 15) is 28.1 Å². The molecule has 1 aromatic heterocycles. The normalized spacial score (nSPS) is 11.4. The largest absolute Gasteiger partial charge is 0.494 e. The molecular formula is C25H18F3NO7. The number of aryl methyl sites for hydroxylation is 1. The fourth-order valence-electron chi connectivity index (χ4n) is 3.39. The number of nitro groups is 1. The third-order valence-electron chi connectivity index (χ3n) is 5.05. The molecule has 0 unspecified atom stereocenters. The van der Waals surface area contributed by atoms with Crippen molar-refractivity contribution in [1.82, 2.24) is 0 Å². The Morgan fingerprint density at radius 1 is 0.944 bits per heavy atom. The molecule has 0 N–H and O–H groups in total. The molecule has 0 aliphatic carbocycles. The quantitative estimate of drug-likeness (QED) is 0.198. The lowest BCUT2D eigenvalue weighted by atomic mass is 10.1. The zero-order chi connectivity index (χ0) is 26.0. The maximum absolute atomic E-state index is 13.0.